The standard InChI is InChI=1S/C13H21N7/c1-5-6-10-17-11(14)8(2)12(18-10)16-9(3)13-19-15-7-20(13)4/h7,9H,5-6H2,1-4H3,(H3,14,16,17,18). The van der Waals surface area contributed by atoms with Crippen LogP contribution >= 0.6 is 0 Å². The van der Waals surface area contributed by atoms with E-state index in [1.54, 1.807) is 6.33 Å². The highest BCUT2D eigenvalue weighted by Crippen LogP contribution is 2.22. The van der Waals surface area contributed by atoms with Crippen molar-refractivity contribution < 1.29 is 0 Å². The average molecular weight is 275 g/mol. The van der Waals surface area contributed by atoms with Crippen molar-refractivity contribution >= 4 is 11.6 Å². The molecule has 0 amide bonds. The molecule has 0 spiro atoms. The Hall–Kier alpha value is -2.18. The highest BCUT2D eigenvalue weighted by atomic mass is 15.3. The molecular formula is C13H21N7. The lowest BCUT2D eigenvalue weighted by atomic mass is 10.2. The number of hydrogen-bond donors (Lipinski definition) is 2. The van der Waals surface area contributed by atoms with Crippen molar-refractivity contribution in [2.75, 3.05) is 11.1 Å². The zero-order valence-corrected chi connectivity index (χ0v) is 12.4. The topological polar surface area (TPSA) is 94.5 Å². The summed E-state index contributed by atoms with van der Waals surface area (Å²) < 4.78 is 1.88. The van der Waals surface area contributed by atoms with Crippen LogP contribution in [0.2, 0.25) is 0 Å². The SMILES string of the molecule is CCCc1nc(N)c(C)c(NC(C)c2nncn2C)n1. The second-order valence-corrected chi connectivity index (χ2v) is 4.91. The van der Waals surface area contributed by atoms with Crippen LogP contribution in [0.15, 0.2) is 6.33 Å². The average Bonchev–Trinajstić information content (AvgIpc) is 2.82. The second-order valence-electron chi connectivity index (χ2n) is 4.91. The Labute approximate surface area is 118 Å². The lowest BCUT2D eigenvalue weighted by Gasteiger charge is -2.16. The van der Waals surface area contributed by atoms with Gasteiger partial charge in [-0.3, -0.25) is 0 Å². The molecule has 0 aliphatic carbocycles. The number of nitrogens with two attached hydrogens (primary N) is 1. The van der Waals surface area contributed by atoms with Gasteiger partial charge in [0.2, 0.25) is 0 Å². The van der Waals surface area contributed by atoms with Gasteiger partial charge in [0.25, 0.3) is 0 Å². The Morgan fingerprint density at radius 2 is 2.15 bits per heavy atom. The summed E-state index contributed by atoms with van der Waals surface area (Å²) in [7, 11) is 1.91. The van der Waals surface area contributed by atoms with E-state index in [9.17, 15) is 0 Å². The molecule has 0 aliphatic heterocycles. The number of anilines is 2. The molecule has 0 fully saturated rings. The maximum atomic E-state index is 5.95. The van der Waals surface area contributed by atoms with Gasteiger partial charge in [0.1, 0.15) is 23.8 Å². The van der Waals surface area contributed by atoms with Crippen LogP contribution in [0.3, 0.4) is 0 Å². The normalized spacial score (nSPS) is 12.4. The van der Waals surface area contributed by atoms with E-state index in [0.29, 0.717) is 5.82 Å². The molecule has 7 nitrogen and oxygen atoms in total. The van der Waals surface area contributed by atoms with Crippen LogP contribution in [0.1, 0.15) is 43.5 Å². The summed E-state index contributed by atoms with van der Waals surface area (Å²) in [6.45, 7) is 6.02. The lowest BCUT2D eigenvalue weighted by Crippen LogP contribution is -2.15. The maximum absolute atomic E-state index is 5.95. The van der Waals surface area contributed by atoms with Crippen LogP contribution in [0.5, 0.6) is 0 Å². The number of nitrogens with one attached hydrogen (secondary N) is 1. The smallest absolute Gasteiger partial charge is 0.154 e. The van der Waals surface area contributed by atoms with Gasteiger partial charge in [0, 0.05) is 19.0 Å². The second kappa shape index (κ2) is 5.85. The summed E-state index contributed by atoms with van der Waals surface area (Å²) in [5.41, 5.74) is 6.81. The van der Waals surface area contributed by atoms with E-state index in [0.717, 1.165) is 35.9 Å². The number of aryl methyl sites for hydroxylation is 2. The first-order valence-electron chi connectivity index (χ1n) is 6.76. The maximum Gasteiger partial charge on any atom is 0.154 e. The number of nitrogen functional groups attached to an aromatic ring is 1. The minimum absolute atomic E-state index is 0.00928. The van der Waals surface area contributed by atoms with Gasteiger partial charge in [-0.1, -0.05) is 6.92 Å². The molecule has 2 rings (SSSR count). The Bertz CT molecular complexity index is 590. The van der Waals surface area contributed by atoms with Gasteiger partial charge in [-0.2, -0.15) is 0 Å². The highest BCUT2D eigenvalue weighted by Gasteiger charge is 2.15. The van der Waals surface area contributed by atoms with Crippen LogP contribution in [-0.2, 0) is 13.5 Å². The van der Waals surface area contributed by atoms with Gasteiger partial charge >= 0.3 is 0 Å². The van der Waals surface area contributed by atoms with Gasteiger partial charge in [0.05, 0.1) is 6.04 Å². The predicted molar refractivity (Wildman–Crippen MR) is 78.2 cm³/mol. The molecule has 0 saturated carbocycles. The summed E-state index contributed by atoms with van der Waals surface area (Å²) >= 11 is 0. The quantitative estimate of drug-likeness (QED) is 0.861. The predicted octanol–water partition coefficient (Wildman–Crippen LogP) is 1.62. The molecule has 20 heavy (non-hydrogen) atoms. The van der Waals surface area contributed by atoms with Crippen molar-refractivity contribution in [3.8, 4) is 0 Å². The van der Waals surface area contributed by atoms with Crippen molar-refractivity contribution in [3.63, 3.8) is 0 Å². The zero-order valence-electron chi connectivity index (χ0n) is 12.4. The van der Waals surface area contributed by atoms with Gasteiger partial charge < -0.3 is 15.6 Å². The fourth-order valence-corrected chi connectivity index (χ4v) is 2.01. The van der Waals surface area contributed by atoms with Crippen molar-refractivity contribution in [2.45, 2.75) is 39.7 Å². The van der Waals surface area contributed by atoms with Crippen LogP contribution in [-0.4, -0.2) is 24.7 Å². The van der Waals surface area contributed by atoms with Gasteiger partial charge in [-0.15, -0.1) is 10.2 Å². The molecule has 1 atom stereocenters. The van der Waals surface area contributed by atoms with E-state index in [-0.39, 0.29) is 6.04 Å². The van der Waals surface area contributed by atoms with Crippen LogP contribution in [0.25, 0.3) is 0 Å². The Balaban J connectivity index is 2.26. The monoisotopic (exact) mass is 275 g/mol. The first kappa shape index (κ1) is 14.2. The van der Waals surface area contributed by atoms with E-state index in [2.05, 4.69) is 32.4 Å². The van der Waals surface area contributed by atoms with E-state index >= 15 is 0 Å². The Morgan fingerprint density at radius 1 is 1.40 bits per heavy atom. The first-order chi connectivity index (χ1) is 9.52. The molecule has 1 unspecified atom stereocenters. The molecule has 0 bridgehead atoms. The Kier molecular flexibility index (Phi) is 4.16. The summed E-state index contributed by atoms with van der Waals surface area (Å²) in [6, 6.07) is -0.00928. The molecule has 2 heterocycles. The van der Waals surface area contributed by atoms with E-state index in [1.165, 1.54) is 0 Å². The van der Waals surface area contributed by atoms with Gasteiger partial charge in [-0.05, 0) is 20.3 Å². The number of hydrogen-bond acceptors (Lipinski definition) is 6. The fourth-order valence-electron chi connectivity index (χ4n) is 2.01. The third kappa shape index (κ3) is 2.87. The Morgan fingerprint density at radius 3 is 2.75 bits per heavy atom. The summed E-state index contributed by atoms with van der Waals surface area (Å²) in [5.74, 6) is 2.90. The molecule has 108 valence electrons. The third-order valence-electron chi connectivity index (χ3n) is 3.19. The van der Waals surface area contributed by atoms with Crippen LogP contribution in [0, 0.1) is 6.92 Å². The summed E-state index contributed by atoms with van der Waals surface area (Å²) in [6.07, 6.45) is 3.48. The molecule has 7 heteroatoms. The molecule has 3 N–H and O–H groups in total. The van der Waals surface area contributed by atoms with Crippen LogP contribution < -0.4 is 11.1 Å². The van der Waals surface area contributed by atoms with E-state index in [1.807, 2.05) is 25.5 Å². The van der Waals surface area contributed by atoms with Crippen molar-refractivity contribution in [2.24, 2.45) is 7.05 Å². The molecule has 0 radical (unpaired) electrons. The lowest BCUT2D eigenvalue weighted by molar-refractivity contribution is 0.713. The van der Waals surface area contributed by atoms with Crippen molar-refractivity contribution in [3.05, 3.63) is 23.5 Å². The first-order valence-corrected chi connectivity index (χ1v) is 6.76. The molecular weight excluding hydrogens is 254 g/mol. The van der Waals surface area contributed by atoms with Crippen molar-refractivity contribution in [1.82, 2.24) is 24.7 Å². The molecule has 0 aromatic carbocycles. The van der Waals surface area contributed by atoms with Crippen molar-refractivity contribution in [1.29, 1.82) is 0 Å². The molecule has 2 aromatic rings. The van der Waals surface area contributed by atoms with Gasteiger partial charge in [0.15, 0.2) is 5.82 Å². The number of nitrogens with zero attached hydrogens (tertiary/aromatic N) is 5. The molecule has 0 saturated heterocycles. The fraction of sp³-hybridized carbons (Fsp3) is 0.538. The minimum atomic E-state index is -0.00928. The largest absolute Gasteiger partial charge is 0.383 e. The van der Waals surface area contributed by atoms with Gasteiger partial charge in [-0.25, -0.2) is 9.97 Å². The summed E-state index contributed by atoms with van der Waals surface area (Å²) in [4.78, 5) is 8.85. The highest BCUT2D eigenvalue weighted by molar-refractivity contribution is 5.55. The molecule has 0 aliphatic rings. The molecule has 2 aromatic heterocycles. The summed E-state index contributed by atoms with van der Waals surface area (Å²) in [5, 5.41) is 11.3. The van der Waals surface area contributed by atoms with E-state index in [4.69, 9.17) is 5.73 Å². The zero-order chi connectivity index (χ0) is 14.7. The van der Waals surface area contributed by atoms with Crippen LogP contribution in [0.4, 0.5) is 11.6 Å². The van der Waals surface area contributed by atoms with E-state index < -0.39 is 0 Å². The number of rotatable bonds is 5. The third-order valence-corrected chi connectivity index (χ3v) is 3.19. The minimum Gasteiger partial charge on any atom is -0.383 e. The number of aromatic nitrogens is 5.